The Labute approximate surface area is 139 Å². The van der Waals surface area contributed by atoms with E-state index in [1.54, 1.807) is 12.4 Å². The molecule has 7 nitrogen and oxygen atoms in total. The highest BCUT2D eigenvalue weighted by atomic mass is 16.3. The molecule has 1 atom stereocenters. The summed E-state index contributed by atoms with van der Waals surface area (Å²) in [6.07, 6.45) is 6.97. The van der Waals surface area contributed by atoms with Crippen LogP contribution in [0.15, 0.2) is 48.9 Å². The van der Waals surface area contributed by atoms with Gasteiger partial charge < -0.3 is 5.11 Å². The first-order valence-electron chi connectivity index (χ1n) is 8.13. The average Bonchev–Trinajstić information content (AvgIpc) is 3.30. The van der Waals surface area contributed by atoms with Gasteiger partial charge in [0.1, 0.15) is 11.3 Å². The molecule has 4 rings (SSSR count). The van der Waals surface area contributed by atoms with E-state index in [1.807, 2.05) is 16.9 Å². The highest BCUT2D eigenvalue weighted by Gasteiger charge is 2.37. The Morgan fingerprint density at radius 3 is 2.83 bits per heavy atom. The minimum Gasteiger partial charge on any atom is -0.382 e. The van der Waals surface area contributed by atoms with Crippen molar-refractivity contribution < 1.29 is 5.11 Å². The second-order valence-corrected chi connectivity index (χ2v) is 6.32. The van der Waals surface area contributed by atoms with Gasteiger partial charge in [-0.15, -0.1) is 0 Å². The van der Waals surface area contributed by atoms with E-state index in [-0.39, 0.29) is 0 Å². The molecule has 1 aliphatic heterocycles. The van der Waals surface area contributed by atoms with Crippen molar-refractivity contribution >= 4 is 0 Å². The van der Waals surface area contributed by atoms with E-state index in [0.29, 0.717) is 18.7 Å². The van der Waals surface area contributed by atoms with E-state index in [2.05, 4.69) is 49.7 Å². The number of hydrogen-bond donors (Lipinski definition) is 2. The SMILES string of the molecule is O[C@]1(c2cn[nH]n2)CCCN(Cc2ccc(-n3cccn3)cc2)C1. The Bertz CT molecular complexity index is 768. The van der Waals surface area contributed by atoms with Crippen molar-refractivity contribution in [2.24, 2.45) is 0 Å². The number of benzene rings is 1. The maximum absolute atomic E-state index is 10.9. The molecule has 0 spiro atoms. The molecule has 0 bridgehead atoms. The third-order valence-electron chi connectivity index (χ3n) is 4.55. The molecular formula is C17H20N6O. The first-order valence-corrected chi connectivity index (χ1v) is 8.13. The molecule has 7 heteroatoms. The predicted octanol–water partition coefficient (Wildman–Crippen LogP) is 1.47. The van der Waals surface area contributed by atoms with Gasteiger partial charge in [-0.3, -0.25) is 4.90 Å². The molecule has 1 fully saturated rings. The minimum atomic E-state index is -0.916. The van der Waals surface area contributed by atoms with Gasteiger partial charge in [-0.05, 0) is 43.1 Å². The number of β-amino-alcohol motifs (C(OH)–C–C–N with tert-alkyl or cyclic N) is 1. The van der Waals surface area contributed by atoms with Crippen molar-refractivity contribution in [2.75, 3.05) is 13.1 Å². The van der Waals surface area contributed by atoms with Crippen molar-refractivity contribution in [1.29, 1.82) is 0 Å². The van der Waals surface area contributed by atoms with Gasteiger partial charge in [0.05, 0.1) is 11.9 Å². The zero-order chi connectivity index (χ0) is 16.4. The van der Waals surface area contributed by atoms with Gasteiger partial charge >= 0.3 is 0 Å². The van der Waals surface area contributed by atoms with Crippen LogP contribution in [0, 0.1) is 0 Å². The largest absolute Gasteiger partial charge is 0.382 e. The molecule has 0 unspecified atom stereocenters. The number of likely N-dealkylation sites (tertiary alicyclic amines) is 1. The summed E-state index contributed by atoms with van der Waals surface area (Å²) >= 11 is 0. The van der Waals surface area contributed by atoms with E-state index >= 15 is 0 Å². The van der Waals surface area contributed by atoms with Crippen molar-refractivity contribution in [3.05, 3.63) is 60.2 Å². The molecule has 2 aromatic heterocycles. The number of nitrogens with one attached hydrogen (secondary N) is 1. The predicted molar refractivity (Wildman–Crippen MR) is 88.4 cm³/mol. The summed E-state index contributed by atoms with van der Waals surface area (Å²) in [5, 5.41) is 25.6. The fourth-order valence-corrected chi connectivity index (χ4v) is 3.33. The molecule has 0 aliphatic carbocycles. The molecule has 0 saturated carbocycles. The van der Waals surface area contributed by atoms with Crippen molar-refractivity contribution in [3.8, 4) is 5.69 Å². The molecule has 0 radical (unpaired) electrons. The van der Waals surface area contributed by atoms with Crippen LogP contribution in [0.5, 0.6) is 0 Å². The van der Waals surface area contributed by atoms with Gasteiger partial charge in [-0.1, -0.05) is 12.1 Å². The van der Waals surface area contributed by atoms with Crippen molar-refractivity contribution in [2.45, 2.75) is 25.0 Å². The lowest BCUT2D eigenvalue weighted by atomic mass is 9.90. The Morgan fingerprint density at radius 1 is 1.25 bits per heavy atom. The first-order chi connectivity index (χ1) is 11.7. The number of H-pyrrole nitrogens is 1. The molecule has 0 amide bonds. The zero-order valence-corrected chi connectivity index (χ0v) is 13.3. The van der Waals surface area contributed by atoms with Crippen LogP contribution in [0.25, 0.3) is 5.69 Å². The summed E-state index contributed by atoms with van der Waals surface area (Å²) in [6.45, 7) is 2.35. The fourth-order valence-electron chi connectivity index (χ4n) is 3.33. The number of aromatic nitrogens is 5. The van der Waals surface area contributed by atoms with E-state index in [9.17, 15) is 5.11 Å². The minimum absolute atomic E-state index is 0.570. The number of hydrogen-bond acceptors (Lipinski definition) is 5. The monoisotopic (exact) mass is 324 g/mol. The molecule has 1 aliphatic rings. The third kappa shape index (κ3) is 2.95. The van der Waals surface area contributed by atoms with Crippen LogP contribution in [0.3, 0.4) is 0 Å². The molecule has 3 aromatic rings. The Kier molecular flexibility index (Phi) is 3.87. The van der Waals surface area contributed by atoms with Gasteiger partial charge in [-0.25, -0.2) is 4.68 Å². The zero-order valence-electron chi connectivity index (χ0n) is 13.3. The summed E-state index contributed by atoms with van der Waals surface area (Å²) in [4.78, 5) is 2.26. The normalized spacial score (nSPS) is 21.9. The number of nitrogens with zero attached hydrogens (tertiary/aromatic N) is 5. The van der Waals surface area contributed by atoms with Crippen LogP contribution in [0.2, 0.25) is 0 Å². The lowest BCUT2D eigenvalue weighted by Crippen LogP contribution is -2.45. The Balaban J connectivity index is 1.45. The van der Waals surface area contributed by atoms with E-state index in [4.69, 9.17) is 0 Å². The Morgan fingerprint density at radius 2 is 2.12 bits per heavy atom. The summed E-state index contributed by atoms with van der Waals surface area (Å²) in [6, 6.07) is 10.3. The van der Waals surface area contributed by atoms with Gasteiger partial charge in [0.25, 0.3) is 0 Å². The number of aromatic amines is 1. The van der Waals surface area contributed by atoms with Crippen LogP contribution < -0.4 is 0 Å². The highest BCUT2D eigenvalue weighted by Crippen LogP contribution is 2.30. The third-order valence-corrected chi connectivity index (χ3v) is 4.55. The smallest absolute Gasteiger partial charge is 0.123 e. The van der Waals surface area contributed by atoms with Gasteiger partial charge in [0.15, 0.2) is 0 Å². The lowest BCUT2D eigenvalue weighted by molar-refractivity contribution is -0.0414. The lowest BCUT2D eigenvalue weighted by Gasteiger charge is -2.38. The molecule has 1 aromatic carbocycles. The molecule has 3 heterocycles. The maximum atomic E-state index is 10.9. The van der Waals surface area contributed by atoms with Crippen LogP contribution in [-0.4, -0.2) is 48.3 Å². The van der Waals surface area contributed by atoms with Crippen LogP contribution in [0.4, 0.5) is 0 Å². The molecule has 124 valence electrons. The topological polar surface area (TPSA) is 82.9 Å². The van der Waals surface area contributed by atoms with E-state index in [0.717, 1.165) is 25.2 Å². The molecule has 24 heavy (non-hydrogen) atoms. The maximum Gasteiger partial charge on any atom is 0.123 e. The molecule has 2 N–H and O–H groups in total. The second-order valence-electron chi connectivity index (χ2n) is 6.32. The molecular weight excluding hydrogens is 304 g/mol. The number of aliphatic hydroxyl groups is 1. The molecule has 1 saturated heterocycles. The fraction of sp³-hybridized carbons (Fsp3) is 0.353. The van der Waals surface area contributed by atoms with Crippen LogP contribution in [0.1, 0.15) is 24.1 Å². The number of rotatable bonds is 4. The Hall–Kier alpha value is -2.51. The summed E-state index contributed by atoms with van der Waals surface area (Å²) in [5.41, 5.74) is 1.97. The van der Waals surface area contributed by atoms with Crippen LogP contribution >= 0.6 is 0 Å². The summed E-state index contributed by atoms with van der Waals surface area (Å²) in [5.74, 6) is 0. The summed E-state index contributed by atoms with van der Waals surface area (Å²) in [7, 11) is 0. The second kappa shape index (κ2) is 6.18. The standard InChI is InChI=1S/C17H20N6O/c24-17(16-11-18-21-20-16)7-1-9-22(13-17)12-14-3-5-15(6-4-14)23-10-2-8-19-23/h2-6,8,10-11,24H,1,7,9,12-13H2,(H,18,20,21)/t17-/m1/s1. The van der Waals surface area contributed by atoms with Gasteiger partial charge in [0, 0.05) is 25.5 Å². The van der Waals surface area contributed by atoms with Crippen molar-refractivity contribution in [1.82, 2.24) is 30.1 Å². The van der Waals surface area contributed by atoms with E-state index in [1.165, 1.54) is 5.56 Å². The first kappa shape index (κ1) is 15.0. The highest BCUT2D eigenvalue weighted by molar-refractivity contribution is 5.33. The van der Waals surface area contributed by atoms with Gasteiger partial charge in [-0.2, -0.15) is 20.5 Å². The average molecular weight is 324 g/mol. The van der Waals surface area contributed by atoms with E-state index < -0.39 is 5.60 Å². The quantitative estimate of drug-likeness (QED) is 0.759. The summed E-state index contributed by atoms with van der Waals surface area (Å²) < 4.78 is 1.84. The van der Waals surface area contributed by atoms with Gasteiger partial charge in [0.2, 0.25) is 0 Å². The number of piperidine rings is 1. The van der Waals surface area contributed by atoms with Crippen LogP contribution in [-0.2, 0) is 12.1 Å². The van der Waals surface area contributed by atoms with Crippen molar-refractivity contribution in [3.63, 3.8) is 0 Å².